The molecule has 1 aliphatic rings. The van der Waals surface area contributed by atoms with Crippen molar-refractivity contribution in [2.45, 2.75) is 115 Å². The predicted octanol–water partition coefficient (Wildman–Crippen LogP) is -5.07. The predicted molar refractivity (Wildman–Crippen MR) is 194 cm³/mol. The average molecular weight is 787 g/mol. The fraction of sp³-hybridized carbons (Fsp3) is 0.727. The van der Waals surface area contributed by atoms with Crippen LogP contribution in [0.5, 0.6) is 0 Å². The van der Waals surface area contributed by atoms with Crippen molar-refractivity contribution in [1.29, 1.82) is 0 Å². The van der Waals surface area contributed by atoms with Gasteiger partial charge in [-0.3, -0.25) is 39.3 Å². The third-order valence-electron chi connectivity index (χ3n) is 8.34. The normalized spacial score (nSPS) is 22.2. The number of nitrogens with one attached hydrogen (secondary N) is 7. The Kier molecular flexibility index (Phi) is 20.7. The molecule has 2 heterocycles. The fourth-order valence-corrected chi connectivity index (χ4v) is 5.46. The quantitative estimate of drug-likeness (QED) is 0.0214. The molecule has 0 aromatic carbocycles. The first kappa shape index (κ1) is 46.9. The van der Waals surface area contributed by atoms with Crippen LogP contribution in [0.3, 0.4) is 0 Å². The van der Waals surface area contributed by atoms with Crippen LogP contribution in [0.2, 0.25) is 0 Å². The van der Waals surface area contributed by atoms with E-state index in [2.05, 4.69) is 47.0 Å². The maximum absolute atomic E-state index is 13.4. The van der Waals surface area contributed by atoms with E-state index in [4.69, 9.17) is 15.3 Å². The zero-order chi connectivity index (χ0) is 41.1. The van der Waals surface area contributed by atoms with E-state index in [1.807, 2.05) is 20.8 Å². The third kappa shape index (κ3) is 16.5. The number of amides is 5. The van der Waals surface area contributed by atoms with Crippen molar-refractivity contribution >= 4 is 35.4 Å². The molecule has 0 saturated carbocycles. The first-order chi connectivity index (χ1) is 26.1. The number of carbonyl (C=O) groups is 5. The molecule has 0 radical (unpaired) electrons. The Morgan fingerprint density at radius 2 is 1.64 bits per heavy atom. The molecule has 0 spiro atoms. The van der Waals surface area contributed by atoms with E-state index in [-0.39, 0.29) is 37.2 Å². The third-order valence-corrected chi connectivity index (χ3v) is 8.34. The van der Waals surface area contributed by atoms with Crippen molar-refractivity contribution in [3.05, 3.63) is 18.2 Å². The standard InChI is InChI=1S/C33H58N10O12/c1-17(2)9-21(30(50)36-12-25(46)38-18(3)7-5-6-8-34)41-32(52)23(13-44)42-31(51)22(10-20-11-35-16-37-20)40-26(47)15-54-43-19(4)39-27-29(49)28(48)24(14-45)55-33(27)53/h11,16-18,21-24,27-29,33,44-45,48-49,53H,5-10,12-15,34H2,1-4H3,(H,35,37)(H,36,50)(H,38,46)(H,39,43)(H,40,47)(H,41,52)(H,42,51). The molecule has 312 valence electrons. The molecule has 22 nitrogen and oxygen atoms in total. The molecule has 22 heteroatoms. The number of aliphatic hydroxyl groups is 5. The van der Waals surface area contributed by atoms with Crippen LogP contribution in [-0.2, 0) is 40.0 Å². The highest BCUT2D eigenvalue weighted by Gasteiger charge is 2.43. The van der Waals surface area contributed by atoms with Crippen LogP contribution in [0, 0.1) is 5.92 Å². The van der Waals surface area contributed by atoms with E-state index in [0.29, 0.717) is 12.2 Å². The van der Waals surface area contributed by atoms with Crippen LogP contribution >= 0.6 is 0 Å². The Bertz CT molecular complexity index is 1380. The summed E-state index contributed by atoms with van der Waals surface area (Å²) in [6.45, 7) is 4.89. The van der Waals surface area contributed by atoms with Crippen molar-refractivity contribution in [1.82, 2.24) is 42.0 Å². The summed E-state index contributed by atoms with van der Waals surface area (Å²) < 4.78 is 5.05. The molecule has 9 atom stereocenters. The van der Waals surface area contributed by atoms with Gasteiger partial charge in [-0.05, 0) is 45.6 Å². The van der Waals surface area contributed by atoms with Gasteiger partial charge in [-0.2, -0.15) is 0 Å². The number of nitrogens with two attached hydrogens (primary N) is 1. The number of aliphatic imine (C=N–C) groups is 1. The Balaban J connectivity index is 2.00. The summed E-state index contributed by atoms with van der Waals surface area (Å²) in [5, 5.41) is 62.4. The summed E-state index contributed by atoms with van der Waals surface area (Å²) in [5.41, 5.74) is 8.28. The van der Waals surface area contributed by atoms with Crippen molar-refractivity contribution in [2.24, 2.45) is 16.6 Å². The minimum atomic E-state index is -1.66. The van der Waals surface area contributed by atoms with E-state index in [9.17, 15) is 49.5 Å². The van der Waals surface area contributed by atoms with Gasteiger partial charge in [-0.15, -0.1) is 0 Å². The average Bonchev–Trinajstić information content (AvgIpc) is 3.65. The van der Waals surface area contributed by atoms with Crippen molar-refractivity contribution < 1.29 is 59.1 Å². The number of aromatic nitrogens is 2. The lowest BCUT2D eigenvalue weighted by atomic mass is 9.97. The molecule has 2 rings (SSSR count). The number of H-pyrrole nitrogens is 1. The topological polar surface area (TPSA) is 344 Å². The SMILES string of the molecule is CC(=NC1C(O)OC(CO)C(O)C1O)NOCC(=O)NC(Cc1cnc[nH]1)C(=O)NC(CO)C(=O)NC(CC(C)C)C(=O)NCC(=O)NC(C)CCCCN. The molecular weight excluding hydrogens is 728 g/mol. The molecule has 9 unspecified atom stereocenters. The molecule has 55 heavy (non-hydrogen) atoms. The van der Waals surface area contributed by atoms with Gasteiger partial charge in [0.15, 0.2) is 12.9 Å². The molecule has 1 fully saturated rings. The molecule has 0 bridgehead atoms. The van der Waals surface area contributed by atoms with Gasteiger partial charge in [0.2, 0.25) is 29.5 Å². The number of rotatable bonds is 23. The number of amidine groups is 1. The highest BCUT2D eigenvalue weighted by Crippen LogP contribution is 2.22. The Hall–Kier alpha value is -4.29. The van der Waals surface area contributed by atoms with Gasteiger partial charge in [0.1, 0.15) is 48.3 Å². The maximum atomic E-state index is 13.4. The summed E-state index contributed by atoms with van der Waals surface area (Å²) in [5.74, 6) is -3.72. The number of imidazole rings is 1. The van der Waals surface area contributed by atoms with Crippen LogP contribution in [0.4, 0.5) is 0 Å². The molecule has 1 aromatic heterocycles. The van der Waals surface area contributed by atoms with Gasteiger partial charge >= 0.3 is 0 Å². The number of carbonyl (C=O) groups excluding carboxylic acids is 5. The summed E-state index contributed by atoms with van der Waals surface area (Å²) >= 11 is 0. The Labute approximate surface area is 318 Å². The van der Waals surface area contributed by atoms with Crippen LogP contribution < -0.4 is 37.8 Å². The second-order valence-electron chi connectivity index (χ2n) is 13.6. The number of aromatic amines is 1. The van der Waals surface area contributed by atoms with Crippen LogP contribution in [0.1, 0.15) is 59.1 Å². The van der Waals surface area contributed by atoms with E-state index >= 15 is 0 Å². The largest absolute Gasteiger partial charge is 0.394 e. The first-order valence-electron chi connectivity index (χ1n) is 18.1. The number of aliphatic hydroxyl groups excluding tert-OH is 5. The Morgan fingerprint density at radius 1 is 0.945 bits per heavy atom. The van der Waals surface area contributed by atoms with Gasteiger partial charge in [-0.25, -0.2) is 4.98 Å². The maximum Gasteiger partial charge on any atom is 0.249 e. The number of hydrogen-bond donors (Lipinski definition) is 13. The van der Waals surface area contributed by atoms with E-state index in [0.717, 1.165) is 19.3 Å². The molecule has 1 saturated heterocycles. The minimum Gasteiger partial charge on any atom is -0.394 e. The molecular formula is C33H58N10O12. The van der Waals surface area contributed by atoms with Crippen LogP contribution in [-0.4, -0.2) is 159 Å². The van der Waals surface area contributed by atoms with Gasteiger partial charge < -0.3 is 67.6 Å². The smallest absolute Gasteiger partial charge is 0.249 e. The van der Waals surface area contributed by atoms with Crippen molar-refractivity contribution in [3.8, 4) is 0 Å². The van der Waals surface area contributed by atoms with Crippen molar-refractivity contribution in [2.75, 3.05) is 32.9 Å². The lowest BCUT2D eigenvalue weighted by Crippen LogP contribution is -2.59. The van der Waals surface area contributed by atoms with Gasteiger partial charge in [0.25, 0.3) is 0 Å². The summed E-state index contributed by atoms with van der Waals surface area (Å²) in [7, 11) is 0. The number of hydroxylamine groups is 1. The number of nitrogens with zero attached hydrogens (tertiary/aromatic N) is 2. The first-order valence-corrected chi connectivity index (χ1v) is 18.1. The zero-order valence-electron chi connectivity index (χ0n) is 31.6. The summed E-state index contributed by atoms with van der Waals surface area (Å²) in [4.78, 5) is 80.8. The van der Waals surface area contributed by atoms with Gasteiger partial charge in [0, 0.05) is 24.4 Å². The van der Waals surface area contributed by atoms with Crippen LogP contribution in [0.15, 0.2) is 17.5 Å². The number of hydrogen-bond acceptors (Lipinski definition) is 15. The van der Waals surface area contributed by atoms with Crippen molar-refractivity contribution in [3.63, 3.8) is 0 Å². The zero-order valence-corrected chi connectivity index (χ0v) is 31.6. The lowest BCUT2D eigenvalue weighted by Gasteiger charge is -2.38. The second-order valence-corrected chi connectivity index (χ2v) is 13.6. The monoisotopic (exact) mass is 786 g/mol. The molecule has 14 N–H and O–H groups in total. The Morgan fingerprint density at radius 3 is 2.25 bits per heavy atom. The molecule has 1 aromatic rings. The summed E-state index contributed by atoms with van der Waals surface area (Å²) in [6.07, 6.45) is -0.789. The molecule has 1 aliphatic heterocycles. The van der Waals surface area contributed by atoms with Gasteiger partial charge in [-0.1, -0.05) is 20.3 Å². The summed E-state index contributed by atoms with van der Waals surface area (Å²) in [6, 6.07) is -5.44. The lowest BCUT2D eigenvalue weighted by molar-refractivity contribution is -0.248. The second kappa shape index (κ2) is 24.3. The van der Waals surface area contributed by atoms with Gasteiger partial charge in [0.05, 0.1) is 26.1 Å². The van der Waals surface area contributed by atoms with E-state index in [1.165, 1.54) is 19.4 Å². The number of unbranched alkanes of at least 4 members (excludes halogenated alkanes) is 1. The van der Waals surface area contributed by atoms with Crippen LogP contribution in [0.25, 0.3) is 0 Å². The highest BCUT2D eigenvalue weighted by molar-refractivity contribution is 5.95. The van der Waals surface area contributed by atoms with E-state index in [1.54, 1.807) is 0 Å². The molecule has 5 amide bonds. The molecule has 0 aliphatic carbocycles. The minimum absolute atomic E-state index is 0.0333. The number of ether oxygens (including phenoxy) is 1. The highest BCUT2D eigenvalue weighted by atomic mass is 16.6. The van der Waals surface area contributed by atoms with E-state index < -0.39 is 98.1 Å². The fourth-order valence-electron chi connectivity index (χ4n) is 5.46.